The highest BCUT2D eigenvalue weighted by molar-refractivity contribution is 6.30. The highest BCUT2D eigenvalue weighted by Gasteiger charge is 1.94. The first-order valence-electron chi connectivity index (χ1n) is 6.39. The Kier molecular flexibility index (Phi) is 7.23. The molecular formula is C15H21ClN2O. The van der Waals surface area contributed by atoms with E-state index in [9.17, 15) is 0 Å². The van der Waals surface area contributed by atoms with Crippen LogP contribution in [0.4, 0.5) is 0 Å². The maximum absolute atomic E-state index is 5.84. The molecule has 0 atom stereocenters. The Hall–Kier alpha value is -1.32. The van der Waals surface area contributed by atoms with Crippen molar-refractivity contribution in [3.63, 3.8) is 0 Å². The Balaban J connectivity index is 2.51. The highest BCUT2D eigenvalue weighted by Crippen LogP contribution is 2.10. The molecule has 0 unspecified atom stereocenters. The fraction of sp³-hybridized carbons (Fsp3) is 0.400. The predicted molar refractivity (Wildman–Crippen MR) is 82.7 cm³/mol. The minimum absolute atomic E-state index is 0.602. The molecule has 104 valence electrons. The van der Waals surface area contributed by atoms with Crippen molar-refractivity contribution in [1.29, 1.82) is 0 Å². The molecule has 0 fully saturated rings. The van der Waals surface area contributed by atoms with E-state index >= 15 is 0 Å². The number of allylic oxidation sites excluding steroid dienone is 1. The Labute approximate surface area is 120 Å². The van der Waals surface area contributed by atoms with Crippen LogP contribution in [0.1, 0.15) is 18.9 Å². The van der Waals surface area contributed by atoms with Gasteiger partial charge in [0.15, 0.2) is 0 Å². The number of hydrogen-bond acceptors (Lipinski definition) is 3. The molecule has 1 rings (SSSR count). The summed E-state index contributed by atoms with van der Waals surface area (Å²) in [5, 5.41) is 4.87. The minimum Gasteiger partial charge on any atom is -0.394 e. The van der Waals surface area contributed by atoms with Crippen molar-refractivity contribution in [3.05, 3.63) is 40.9 Å². The summed E-state index contributed by atoms with van der Waals surface area (Å²) in [5.41, 5.74) is 2.02. The molecule has 0 aliphatic heterocycles. The van der Waals surface area contributed by atoms with Gasteiger partial charge in [-0.15, -0.1) is 0 Å². The van der Waals surface area contributed by atoms with Crippen LogP contribution >= 0.6 is 11.6 Å². The van der Waals surface area contributed by atoms with Gasteiger partial charge in [-0.25, -0.2) is 0 Å². The number of halogens is 1. The number of oxime groups is 1. The first kappa shape index (κ1) is 15.7. The van der Waals surface area contributed by atoms with E-state index in [4.69, 9.17) is 16.4 Å². The third kappa shape index (κ3) is 6.99. The van der Waals surface area contributed by atoms with Crippen molar-refractivity contribution in [2.24, 2.45) is 5.16 Å². The van der Waals surface area contributed by atoms with Gasteiger partial charge in [-0.2, -0.15) is 0 Å². The van der Waals surface area contributed by atoms with Gasteiger partial charge < -0.3 is 9.74 Å². The van der Waals surface area contributed by atoms with E-state index < -0.39 is 0 Å². The Bertz CT molecular complexity index is 424. The summed E-state index contributed by atoms with van der Waals surface area (Å²) in [5.74, 6) is 0. The van der Waals surface area contributed by atoms with Crippen LogP contribution in [0.2, 0.25) is 5.02 Å². The Morgan fingerprint density at radius 2 is 2.00 bits per heavy atom. The van der Waals surface area contributed by atoms with E-state index in [2.05, 4.69) is 17.0 Å². The normalized spacial score (nSPS) is 12.4. The zero-order valence-corrected chi connectivity index (χ0v) is 12.5. The summed E-state index contributed by atoms with van der Waals surface area (Å²) in [6, 6.07) is 7.69. The van der Waals surface area contributed by atoms with Crippen molar-refractivity contribution in [1.82, 2.24) is 4.90 Å². The van der Waals surface area contributed by atoms with Crippen LogP contribution in [0, 0.1) is 0 Å². The molecule has 3 nitrogen and oxygen atoms in total. The van der Waals surface area contributed by atoms with Crippen LogP contribution in [0.25, 0.3) is 6.08 Å². The van der Waals surface area contributed by atoms with Gasteiger partial charge in [0.25, 0.3) is 0 Å². The average Bonchev–Trinajstić information content (AvgIpc) is 2.39. The molecule has 0 bridgehead atoms. The Morgan fingerprint density at radius 1 is 1.32 bits per heavy atom. The molecule has 0 aliphatic rings. The van der Waals surface area contributed by atoms with Gasteiger partial charge in [-0.1, -0.05) is 41.9 Å². The molecule has 0 aliphatic carbocycles. The van der Waals surface area contributed by atoms with Crippen molar-refractivity contribution >= 4 is 23.4 Å². The molecule has 1 aromatic carbocycles. The molecule has 0 amide bonds. The van der Waals surface area contributed by atoms with E-state index in [1.54, 1.807) is 0 Å². The monoisotopic (exact) mass is 280 g/mol. The topological polar surface area (TPSA) is 24.8 Å². The maximum Gasteiger partial charge on any atom is 0.129 e. The number of likely N-dealkylation sites (N-methyl/N-ethyl adjacent to an activating group) is 1. The van der Waals surface area contributed by atoms with E-state index in [0.29, 0.717) is 6.61 Å². The molecule has 4 heteroatoms. The second-order valence-corrected chi connectivity index (χ2v) is 4.89. The summed E-state index contributed by atoms with van der Waals surface area (Å²) < 4.78 is 0. The zero-order valence-electron chi connectivity index (χ0n) is 11.8. The standard InChI is InChI=1S/C15H21ClN2O/c1-4-15(17-19-12-11-18(2)3)10-7-13-5-8-14(16)9-6-13/h5-10H,4,11-12H2,1-3H3/b10-7+,17-15+. The summed E-state index contributed by atoms with van der Waals surface area (Å²) in [7, 11) is 4.02. The molecule has 1 aromatic rings. The summed E-state index contributed by atoms with van der Waals surface area (Å²) in [6.07, 6.45) is 4.82. The van der Waals surface area contributed by atoms with Gasteiger partial charge in [0, 0.05) is 11.6 Å². The molecule has 0 heterocycles. The quantitative estimate of drug-likeness (QED) is 0.432. The lowest BCUT2D eigenvalue weighted by Gasteiger charge is -2.07. The van der Waals surface area contributed by atoms with Crippen molar-refractivity contribution in [2.45, 2.75) is 13.3 Å². The number of benzene rings is 1. The van der Waals surface area contributed by atoms with Crippen LogP contribution in [-0.2, 0) is 4.84 Å². The van der Waals surface area contributed by atoms with Crippen molar-refractivity contribution in [2.75, 3.05) is 27.2 Å². The minimum atomic E-state index is 0.602. The first-order chi connectivity index (χ1) is 9.11. The highest BCUT2D eigenvalue weighted by atomic mass is 35.5. The molecule has 0 spiro atoms. The lowest BCUT2D eigenvalue weighted by atomic mass is 10.2. The molecule has 19 heavy (non-hydrogen) atoms. The number of hydrogen-bond donors (Lipinski definition) is 0. The van der Waals surface area contributed by atoms with Gasteiger partial charge in [0.2, 0.25) is 0 Å². The fourth-order valence-corrected chi connectivity index (χ4v) is 1.46. The van der Waals surface area contributed by atoms with Crippen molar-refractivity contribution in [3.8, 4) is 0 Å². The summed E-state index contributed by atoms with van der Waals surface area (Å²) >= 11 is 5.84. The molecule has 0 radical (unpaired) electrons. The lowest BCUT2D eigenvalue weighted by molar-refractivity contribution is 0.126. The van der Waals surface area contributed by atoms with E-state index in [1.807, 2.05) is 50.5 Å². The van der Waals surface area contributed by atoms with Crippen LogP contribution < -0.4 is 0 Å². The molecule has 0 aromatic heterocycles. The molecular weight excluding hydrogens is 260 g/mol. The number of nitrogens with zero attached hydrogens (tertiary/aromatic N) is 2. The SMILES string of the molecule is CCC(/C=C/c1ccc(Cl)cc1)=N\OCCN(C)C. The number of rotatable bonds is 7. The first-order valence-corrected chi connectivity index (χ1v) is 6.77. The van der Waals surface area contributed by atoms with Crippen molar-refractivity contribution < 1.29 is 4.84 Å². The van der Waals surface area contributed by atoms with Gasteiger partial charge >= 0.3 is 0 Å². The van der Waals surface area contributed by atoms with Gasteiger partial charge in [0.05, 0.1) is 5.71 Å². The second kappa shape index (κ2) is 8.73. The largest absolute Gasteiger partial charge is 0.394 e. The van der Waals surface area contributed by atoms with Gasteiger partial charge in [0.1, 0.15) is 6.61 Å². The molecule has 0 N–H and O–H groups in total. The lowest BCUT2D eigenvalue weighted by Crippen LogP contribution is -2.17. The smallest absolute Gasteiger partial charge is 0.129 e. The molecule has 0 saturated heterocycles. The third-order valence-corrected chi connectivity index (χ3v) is 2.76. The third-order valence-electron chi connectivity index (χ3n) is 2.51. The van der Waals surface area contributed by atoms with E-state index in [-0.39, 0.29) is 0 Å². The van der Waals surface area contributed by atoms with Crippen LogP contribution in [0.5, 0.6) is 0 Å². The van der Waals surface area contributed by atoms with Crippen LogP contribution in [0.3, 0.4) is 0 Å². The fourth-order valence-electron chi connectivity index (χ4n) is 1.33. The van der Waals surface area contributed by atoms with Gasteiger partial charge in [-0.05, 0) is 44.3 Å². The Morgan fingerprint density at radius 3 is 2.58 bits per heavy atom. The van der Waals surface area contributed by atoms with Crippen LogP contribution in [0.15, 0.2) is 35.5 Å². The van der Waals surface area contributed by atoms with Gasteiger partial charge in [-0.3, -0.25) is 0 Å². The average molecular weight is 281 g/mol. The van der Waals surface area contributed by atoms with Crippen LogP contribution in [-0.4, -0.2) is 37.9 Å². The van der Waals surface area contributed by atoms with E-state index in [1.165, 1.54) is 0 Å². The molecule has 0 saturated carbocycles. The summed E-state index contributed by atoms with van der Waals surface area (Å²) in [4.78, 5) is 7.34. The second-order valence-electron chi connectivity index (χ2n) is 4.46. The van der Waals surface area contributed by atoms with E-state index in [0.717, 1.165) is 29.3 Å². The zero-order chi connectivity index (χ0) is 14.1. The maximum atomic E-state index is 5.84. The predicted octanol–water partition coefficient (Wildman–Crippen LogP) is 3.70. The summed E-state index contributed by atoms with van der Waals surface area (Å²) in [6.45, 7) is 3.52.